The van der Waals surface area contributed by atoms with Crippen LogP contribution in [-0.4, -0.2) is 16.4 Å². The third-order valence-electron chi connectivity index (χ3n) is 1.02. The van der Waals surface area contributed by atoms with E-state index < -0.39 is 5.82 Å². The molecule has 0 aliphatic rings. The van der Waals surface area contributed by atoms with Gasteiger partial charge < -0.3 is 5.21 Å². The Kier molecular flexibility index (Phi) is 2.53. The second-order valence-electron chi connectivity index (χ2n) is 1.75. The molecule has 0 spiro atoms. The first-order valence-corrected chi connectivity index (χ1v) is 3.53. The van der Waals surface area contributed by atoms with Gasteiger partial charge in [0.15, 0.2) is 5.82 Å². The SMILES string of the molecule is O/N=C/c1nc(Br)ccc1F. The first kappa shape index (κ1) is 8.13. The minimum Gasteiger partial charge on any atom is -0.411 e. The second-order valence-corrected chi connectivity index (χ2v) is 2.56. The maximum absolute atomic E-state index is 12.7. The molecule has 1 rings (SSSR count). The topological polar surface area (TPSA) is 45.5 Å². The first-order valence-electron chi connectivity index (χ1n) is 2.73. The Bertz CT molecular complexity index is 290. The van der Waals surface area contributed by atoms with Gasteiger partial charge >= 0.3 is 0 Å². The van der Waals surface area contributed by atoms with E-state index in [-0.39, 0.29) is 5.69 Å². The summed E-state index contributed by atoms with van der Waals surface area (Å²) in [5, 5.41) is 10.7. The van der Waals surface area contributed by atoms with Gasteiger partial charge in [-0.1, -0.05) is 5.16 Å². The number of rotatable bonds is 1. The zero-order valence-electron chi connectivity index (χ0n) is 5.33. The molecule has 1 aromatic heterocycles. The lowest BCUT2D eigenvalue weighted by molar-refractivity contribution is 0.321. The highest BCUT2D eigenvalue weighted by Gasteiger charge is 2.00. The normalized spacial score (nSPS) is 10.7. The summed E-state index contributed by atoms with van der Waals surface area (Å²) in [6.07, 6.45) is 0.931. The molecular weight excluding hydrogens is 215 g/mol. The smallest absolute Gasteiger partial charge is 0.150 e. The largest absolute Gasteiger partial charge is 0.411 e. The number of nitrogens with zero attached hydrogens (tertiary/aromatic N) is 2. The van der Waals surface area contributed by atoms with Gasteiger partial charge in [-0.25, -0.2) is 9.37 Å². The molecule has 0 aliphatic heterocycles. The lowest BCUT2D eigenvalue weighted by Crippen LogP contribution is -1.92. The number of pyridine rings is 1. The number of aromatic nitrogens is 1. The van der Waals surface area contributed by atoms with E-state index in [1.165, 1.54) is 12.1 Å². The maximum atomic E-state index is 12.7. The van der Waals surface area contributed by atoms with Gasteiger partial charge in [0, 0.05) is 0 Å². The molecule has 3 nitrogen and oxygen atoms in total. The van der Waals surface area contributed by atoms with Crippen LogP contribution < -0.4 is 0 Å². The number of hydrogen-bond acceptors (Lipinski definition) is 3. The molecule has 0 atom stereocenters. The summed E-state index contributed by atoms with van der Waals surface area (Å²) in [4.78, 5) is 3.69. The highest BCUT2D eigenvalue weighted by atomic mass is 79.9. The van der Waals surface area contributed by atoms with Gasteiger partial charge in [0.25, 0.3) is 0 Å². The third-order valence-corrected chi connectivity index (χ3v) is 1.46. The summed E-state index contributed by atoms with van der Waals surface area (Å²) in [7, 11) is 0. The zero-order chi connectivity index (χ0) is 8.27. The lowest BCUT2D eigenvalue weighted by atomic mass is 10.3. The van der Waals surface area contributed by atoms with Crippen molar-refractivity contribution in [2.75, 3.05) is 0 Å². The van der Waals surface area contributed by atoms with Gasteiger partial charge in [0.05, 0.1) is 6.21 Å². The fourth-order valence-electron chi connectivity index (χ4n) is 0.578. The van der Waals surface area contributed by atoms with Crippen LogP contribution in [-0.2, 0) is 0 Å². The molecule has 0 amide bonds. The van der Waals surface area contributed by atoms with Crippen LogP contribution in [0.4, 0.5) is 4.39 Å². The van der Waals surface area contributed by atoms with Crippen LogP contribution in [0.25, 0.3) is 0 Å². The molecular formula is C6H4BrFN2O. The van der Waals surface area contributed by atoms with E-state index in [4.69, 9.17) is 5.21 Å². The van der Waals surface area contributed by atoms with Crippen LogP contribution in [0.2, 0.25) is 0 Å². The third kappa shape index (κ3) is 1.98. The summed E-state index contributed by atoms with van der Waals surface area (Å²) in [6.45, 7) is 0. The zero-order valence-corrected chi connectivity index (χ0v) is 6.92. The van der Waals surface area contributed by atoms with Gasteiger partial charge in [-0.2, -0.15) is 0 Å². The van der Waals surface area contributed by atoms with E-state index in [0.29, 0.717) is 4.60 Å². The van der Waals surface area contributed by atoms with Crippen LogP contribution in [0.15, 0.2) is 21.9 Å². The van der Waals surface area contributed by atoms with Crippen molar-refractivity contribution in [3.8, 4) is 0 Å². The van der Waals surface area contributed by atoms with Crippen molar-refractivity contribution in [3.05, 3.63) is 28.2 Å². The minimum absolute atomic E-state index is 0.00174. The van der Waals surface area contributed by atoms with Crippen molar-refractivity contribution in [1.29, 1.82) is 0 Å². The van der Waals surface area contributed by atoms with E-state index in [2.05, 4.69) is 26.1 Å². The Balaban J connectivity index is 3.12. The Labute approximate surface area is 70.7 Å². The molecule has 0 aliphatic carbocycles. The average Bonchev–Trinajstić information content (AvgIpc) is 1.98. The average molecular weight is 219 g/mol. The quantitative estimate of drug-likeness (QED) is 0.338. The number of halogens is 2. The highest BCUT2D eigenvalue weighted by molar-refractivity contribution is 9.10. The van der Waals surface area contributed by atoms with E-state index in [0.717, 1.165) is 6.21 Å². The van der Waals surface area contributed by atoms with Gasteiger partial charge in [-0.15, -0.1) is 0 Å². The Morgan fingerprint density at radius 3 is 3.00 bits per heavy atom. The number of oxime groups is 1. The predicted molar refractivity (Wildman–Crippen MR) is 41.3 cm³/mol. The minimum atomic E-state index is -0.522. The first-order chi connectivity index (χ1) is 5.24. The molecule has 5 heteroatoms. The fraction of sp³-hybridized carbons (Fsp3) is 0. The van der Waals surface area contributed by atoms with Crippen molar-refractivity contribution in [2.24, 2.45) is 5.16 Å². The van der Waals surface area contributed by atoms with Gasteiger partial charge in [-0.05, 0) is 28.1 Å². The summed E-state index contributed by atoms with van der Waals surface area (Å²) in [5.74, 6) is -0.522. The Morgan fingerprint density at radius 1 is 1.64 bits per heavy atom. The van der Waals surface area contributed by atoms with Crippen LogP contribution in [0.3, 0.4) is 0 Å². The maximum Gasteiger partial charge on any atom is 0.150 e. The number of hydrogen-bond donors (Lipinski definition) is 1. The second kappa shape index (κ2) is 3.43. The van der Waals surface area contributed by atoms with Crippen molar-refractivity contribution < 1.29 is 9.60 Å². The molecule has 58 valence electrons. The van der Waals surface area contributed by atoms with Gasteiger partial charge in [0.1, 0.15) is 10.3 Å². The van der Waals surface area contributed by atoms with Crippen molar-refractivity contribution in [3.63, 3.8) is 0 Å². The van der Waals surface area contributed by atoms with E-state index in [1.54, 1.807) is 0 Å². The molecule has 1 aromatic rings. The molecule has 0 saturated carbocycles. The van der Waals surface area contributed by atoms with Crippen LogP contribution in [0.1, 0.15) is 5.69 Å². The fourth-order valence-corrected chi connectivity index (χ4v) is 0.901. The van der Waals surface area contributed by atoms with Crippen molar-refractivity contribution >= 4 is 22.1 Å². The highest BCUT2D eigenvalue weighted by Crippen LogP contribution is 2.08. The monoisotopic (exact) mass is 218 g/mol. The molecule has 0 unspecified atom stereocenters. The van der Waals surface area contributed by atoms with Crippen LogP contribution >= 0.6 is 15.9 Å². The summed E-state index contributed by atoms with van der Waals surface area (Å²) in [5.41, 5.74) is 0.00174. The summed E-state index contributed by atoms with van der Waals surface area (Å²) >= 11 is 3.05. The molecule has 0 bridgehead atoms. The molecule has 11 heavy (non-hydrogen) atoms. The van der Waals surface area contributed by atoms with Crippen molar-refractivity contribution in [2.45, 2.75) is 0 Å². The Hall–Kier alpha value is -0.970. The van der Waals surface area contributed by atoms with Crippen LogP contribution in [0.5, 0.6) is 0 Å². The molecule has 1 heterocycles. The molecule has 0 fully saturated rings. The van der Waals surface area contributed by atoms with E-state index >= 15 is 0 Å². The van der Waals surface area contributed by atoms with E-state index in [1.807, 2.05) is 0 Å². The molecule has 0 saturated heterocycles. The van der Waals surface area contributed by atoms with Crippen molar-refractivity contribution in [1.82, 2.24) is 4.98 Å². The molecule has 0 radical (unpaired) electrons. The summed E-state index contributed by atoms with van der Waals surface area (Å²) < 4.78 is 13.2. The van der Waals surface area contributed by atoms with Crippen LogP contribution in [0, 0.1) is 5.82 Å². The molecule has 0 aromatic carbocycles. The van der Waals surface area contributed by atoms with E-state index in [9.17, 15) is 4.39 Å². The summed E-state index contributed by atoms with van der Waals surface area (Å²) in [6, 6.07) is 2.69. The van der Waals surface area contributed by atoms with Gasteiger partial charge in [-0.3, -0.25) is 0 Å². The lowest BCUT2D eigenvalue weighted by Gasteiger charge is -1.93. The predicted octanol–water partition coefficient (Wildman–Crippen LogP) is 1.79. The Morgan fingerprint density at radius 2 is 2.36 bits per heavy atom. The van der Waals surface area contributed by atoms with Gasteiger partial charge in [0.2, 0.25) is 0 Å². The standard InChI is InChI=1S/C6H4BrFN2O/c7-6-2-1-4(8)5(10-6)3-9-11/h1-3,11H/b9-3+. The molecule has 1 N–H and O–H groups in total.